The number of halogens is 3. The Labute approximate surface area is 80.8 Å². The normalized spacial score (nSPS) is 12.0. The van der Waals surface area contributed by atoms with Crippen molar-refractivity contribution in [2.24, 2.45) is 5.73 Å². The van der Waals surface area contributed by atoms with Gasteiger partial charge in [0.15, 0.2) is 0 Å². The standard InChI is InChI=1S/C8H9F2NO.ClH/c1-4(11)8-6(10)2-5(9)3-7(8)12;/h2-4,12H,11H2,1H3;1H/t4-;/m0./s1. The Balaban J connectivity index is 0.00000144. The molecule has 1 aromatic rings. The second-order valence-corrected chi connectivity index (χ2v) is 2.61. The van der Waals surface area contributed by atoms with E-state index in [1.54, 1.807) is 0 Å². The van der Waals surface area contributed by atoms with Crippen LogP contribution in [0.5, 0.6) is 5.75 Å². The maximum absolute atomic E-state index is 12.9. The quantitative estimate of drug-likeness (QED) is 0.744. The van der Waals surface area contributed by atoms with Crippen molar-refractivity contribution in [2.45, 2.75) is 13.0 Å². The highest BCUT2D eigenvalue weighted by Crippen LogP contribution is 2.26. The maximum Gasteiger partial charge on any atom is 0.134 e. The molecule has 0 fully saturated rings. The van der Waals surface area contributed by atoms with Gasteiger partial charge in [0.2, 0.25) is 0 Å². The van der Waals surface area contributed by atoms with Crippen molar-refractivity contribution in [3.63, 3.8) is 0 Å². The first-order valence-corrected chi connectivity index (χ1v) is 3.46. The lowest BCUT2D eigenvalue weighted by molar-refractivity contribution is 0.443. The van der Waals surface area contributed by atoms with Crippen LogP contribution in [0.15, 0.2) is 12.1 Å². The summed E-state index contributed by atoms with van der Waals surface area (Å²) in [7, 11) is 0. The molecule has 0 amide bonds. The highest BCUT2D eigenvalue weighted by molar-refractivity contribution is 5.85. The zero-order valence-electron chi connectivity index (χ0n) is 6.92. The van der Waals surface area contributed by atoms with Gasteiger partial charge in [-0.15, -0.1) is 12.4 Å². The van der Waals surface area contributed by atoms with Crippen molar-refractivity contribution in [3.05, 3.63) is 29.3 Å². The Kier molecular flexibility index (Phi) is 4.10. The first-order valence-electron chi connectivity index (χ1n) is 3.46. The van der Waals surface area contributed by atoms with Gasteiger partial charge in [-0.1, -0.05) is 0 Å². The monoisotopic (exact) mass is 209 g/mol. The smallest absolute Gasteiger partial charge is 0.134 e. The van der Waals surface area contributed by atoms with E-state index in [0.717, 1.165) is 6.07 Å². The van der Waals surface area contributed by atoms with Gasteiger partial charge in [0.25, 0.3) is 0 Å². The topological polar surface area (TPSA) is 46.2 Å². The highest BCUT2D eigenvalue weighted by atomic mass is 35.5. The number of phenolic OH excluding ortho intramolecular Hbond substituents is 1. The van der Waals surface area contributed by atoms with Crippen LogP contribution in [-0.4, -0.2) is 5.11 Å². The van der Waals surface area contributed by atoms with E-state index in [9.17, 15) is 8.78 Å². The molecule has 1 atom stereocenters. The molecule has 0 aromatic heterocycles. The van der Waals surface area contributed by atoms with Crippen molar-refractivity contribution in [1.82, 2.24) is 0 Å². The van der Waals surface area contributed by atoms with Crippen LogP contribution in [0.25, 0.3) is 0 Å². The Morgan fingerprint density at radius 3 is 2.31 bits per heavy atom. The summed E-state index contributed by atoms with van der Waals surface area (Å²) in [5.41, 5.74) is 5.28. The zero-order chi connectivity index (χ0) is 9.30. The van der Waals surface area contributed by atoms with Crippen LogP contribution in [0.1, 0.15) is 18.5 Å². The minimum absolute atomic E-state index is 0. The van der Waals surface area contributed by atoms with Crippen molar-refractivity contribution in [2.75, 3.05) is 0 Å². The molecule has 0 saturated carbocycles. The Morgan fingerprint density at radius 2 is 1.92 bits per heavy atom. The Bertz CT molecular complexity index is 281. The largest absolute Gasteiger partial charge is 0.507 e. The third-order valence-electron chi connectivity index (χ3n) is 1.53. The van der Waals surface area contributed by atoms with Gasteiger partial charge in [0.1, 0.15) is 17.4 Å². The fraction of sp³-hybridized carbons (Fsp3) is 0.250. The lowest BCUT2D eigenvalue weighted by atomic mass is 10.1. The molecule has 74 valence electrons. The summed E-state index contributed by atoms with van der Waals surface area (Å²) in [5, 5.41) is 9.08. The maximum atomic E-state index is 12.9. The van der Waals surface area contributed by atoms with E-state index in [4.69, 9.17) is 10.8 Å². The molecule has 2 nitrogen and oxygen atoms in total. The van der Waals surface area contributed by atoms with Crippen LogP contribution in [0.4, 0.5) is 8.78 Å². The lowest BCUT2D eigenvalue weighted by Gasteiger charge is -2.08. The molecule has 0 aliphatic heterocycles. The Hall–Kier alpha value is -0.870. The molecule has 0 spiro atoms. The van der Waals surface area contributed by atoms with Crippen LogP contribution in [-0.2, 0) is 0 Å². The molecule has 5 heteroatoms. The third-order valence-corrected chi connectivity index (χ3v) is 1.53. The van der Waals surface area contributed by atoms with Crippen LogP contribution in [0.2, 0.25) is 0 Å². The Morgan fingerprint density at radius 1 is 1.38 bits per heavy atom. The predicted molar refractivity (Wildman–Crippen MR) is 47.9 cm³/mol. The molecule has 0 radical (unpaired) electrons. The summed E-state index contributed by atoms with van der Waals surface area (Å²) >= 11 is 0. The first kappa shape index (κ1) is 12.1. The number of phenols is 1. The van der Waals surface area contributed by atoms with Crippen LogP contribution in [0, 0.1) is 11.6 Å². The molecule has 1 aromatic carbocycles. The van der Waals surface area contributed by atoms with E-state index in [2.05, 4.69) is 0 Å². The SMILES string of the molecule is C[C@H](N)c1c(O)cc(F)cc1F.Cl. The molecular weight excluding hydrogens is 200 g/mol. The van der Waals surface area contributed by atoms with Gasteiger partial charge in [-0.3, -0.25) is 0 Å². The minimum atomic E-state index is -0.817. The summed E-state index contributed by atoms with van der Waals surface area (Å²) < 4.78 is 25.3. The number of aromatic hydroxyl groups is 1. The molecule has 0 saturated heterocycles. The molecule has 0 heterocycles. The van der Waals surface area contributed by atoms with E-state index < -0.39 is 23.4 Å². The van der Waals surface area contributed by atoms with E-state index in [1.807, 2.05) is 0 Å². The second kappa shape index (κ2) is 4.39. The number of rotatable bonds is 1. The van der Waals surface area contributed by atoms with Crippen molar-refractivity contribution >= 4 is 12.4 Å². The predicted octanol–water partition coefficient (Wildman–Crippen LogP) is 2.11. The van der Waals surface area contributed by atoms with Gasteiger partial charge in [-0.2, -0.15) is 0 Å². The summed E-state index contributed by atoms with van der Waals surface area (Å²) in [6.45, 7) is 1.51. The molecule has 1 rings (SSSR count). The van der Waals surface area contributed by atoms with Crippen molar-refractivity contribution in [3.8, 4) is 5.75 Å². The van der Waals surface area contributed by atoms with Gasteiger partial charge >= 0.3 is 0 Å². The fourth-order valence-corrected chi connectivity index (χ4v) is 1.02. The van der Waals surface area contributed by atoms with E-state index in [-0.39, 0.29) is 18.0 Å². The average Bonchev–Trinajstić information content (AvgIpc) is 1.82. The lowest BCUT2D eigenvalue weighted by Crippen LogP contribution is -2.08. The van der Waals surface area contributed by atoms with E-state index in [0.29, 0.717) is 6.07 Å². The number of hydrogen-bond acceptors (Lipinski definition) is 2. The second-order valence-electron chi connectivity index (χ2n) is 2.61. The van der Waals surface area contributed by atoms with Gasteiger partial charge in [0.05, 0.1) is 0 Å². The number of nitrogens with two attached hydrogens (primary N) is 1. The van der Waals surface area contributed by atoms with E-state index >= 15 is 0 Å². The highest BCUT2D eigenvalue weighted by Gasteiger charge is 2.13. The molecule has 13 heavy (non-hydrogen) atoms. The van der Waals surface area contributed by atoms with Gasteiger partial charge in [-0.25, -0.2) is 8.78 Å². The number of benzene rings is 1. The minimum Gasteiger partial charge on any atom is -0.507 e. The summed E-state index contributed by atoms with van der Waals surface area (Å²) in [5.74, 6) is -2.07. The van der Waals surface area contributed by atoms with Gasteiger partial charge < -0.3 is 10.8 Å². The third kappa shape index (κ3) is 2.54. The first-order chi connectivity index (χ1) is 5.52. The van der Waals surface area contributed by atoms with Crippen molar-refractivity contribution in [1.29, 1.82) is 0 Å². The molecule has 0 unspecified atom stereocenters. The molecular formula is C8H10ClF2NO. The van der Waals surface area contributed by atoms with Crippen LogP contribution in [0.3, 0.4) is 0 Å². The average molecular weight is 210 g/mol. The fourth-order valence-electron chi connectivity index (χ4n) is 1.02. The molecule has 0 aliphatic rings. The van der Waals surface area contributed by atoms with Crippen molar-refractivity contribution < 1.29 is 13.9 Å². The molecule has 3 N–H and O–H groups in total. The summed E-state index contributed by atoms with van der Waals surface area (Å²) in [6.07, 6.45) is 0. The molecule has 0 bridgehead atoms. The molecule has 0 aliphatic carbocycles. The van der Waals surface area contributed by atoms with Gasteiger partial charge in [0, 0.05) is 23.7 Å². The van der Waals surface area contributed by atoms with Gasteiger partial charge in [-0.05, 0) is 6.92 Å². The van der Waals surface area contributed by atoms with Crippen LogP contribution >= 0.6 is 12.4 Å². The number of hydrogen-bond donors (Lipinski definition) is 2. The summed E-state index contributed by atoms with van der Waals surface area (Å²) in [6, 6.07) is 0.880. The van der Waals surface area contributed by atoms with Crippen LogP contribution < -0.4 is 5.73 Å². The van der Waals surface area contributed by atoms with E-state index in [1.165, 1.54) is 6.92 Å². The summed E-state index contributed by atoms with van der Waals surface area (Å²) in [4.78, 5) is 0. The zero-order valence-corrected chi connectivity index (χ0v) is 7.74.